The van der Waals surface area contributed by atoms with Crippen LogP contribution >= 0.6 is 11.3 Å². The molecule has 5 heterocycles. The van der Waals surface area contributed by atoms with Gasteiger partial charge in [-0.25, -0.2) is 4.98 Å². The van der Waals surface area contributed by atoms with Gasteiger partial charge >= 0.3 is 0 Å². The molecule has 0 atom stereocenters. The summed E-state index contributed by atoms with van der Waals surface area (Å²) in [6, 6.07) is 15.3. The van der Waals surface area contributed by atoms with Gasteiger partial charge in [0.15, 0.2) is 5.65 Å². The summed E-state index contributed by atoms with van der Waals surface area (Å²) in [5.41, 5.74) is 2.30. The van der Waals surface area contributed by atoms with Gasteiger partial charge in [0.05, 0.1) is 15.6 Å². The number of fused-ring (bicyclic) bond motifs is 5. The molecule has 1 aliphatic rings. The van der Waals surface area contributed by atoms with Crippen LogP contribution in [0.4, 0.5) is 5.82 Å². The first-order chi connectivity index (χ1) is 17.1. The normalized spacial score (nSPS) is 14.7. The molecule has 0 saturated carbocycles. The Morgan fingerprint density at radius 3 is 2.60 bits per heavy atom. The maximum Gasteiger partial charge on any atom is 0.258 e. The molecule has 1 aliphatic heterocycles. The van der Waals surface area contributed by atoms with Gasteiger partial charge in [0.2, 0.25) is 5.43 Å². The van der Waals surface area contributed by atoms with Gasteiger partial charge in [0.25, 0.3) is 5.91 Å². The van der Waals surface area contributed by atoms with Crippen LogP contribution in [-0.4, -0.2) is 58.4 Å². The van der Waals surface area contributed by atoms with E-state index in [0.29, 0.717) is 22.4 Å². The lowest BCUT2D eigenvalue weighted by molar-refractivity contribution is 0.0951. The van der Waals surface area contributed by atoms with Crippen LogP contribution in [0.15, 0.2) is 65.7 Å². The summed E-state index contributed by atoms with van der Waals surface area (Å²) in [4.78, 5) is 41.2. The molecule has 1 amide bonds. The molecule has 0 radical (unpaired) electrons. The number of para-hydroxylation sites is 1. The summed E-state index contributed by atoms with van der Waals surface area (Å²) in [7, 11) is 2.12. The molecule has 35 heavy (non-hydrogen) atoms. The first-order valence-corrected chi connectivity index (χ1v) is 12.4. The van der Waals surface area contributed by atoms with Crippen LogP contribution in [0.1, 0.15) is 15.9 Å². The number of amides is 1. The van der Waals surface area contributed by atoms with Gasteiger partial charge in [0, 0.05) is 45.1 Å². The Morgan fingerprint density at radius 2 is 1.80 bits per heavy atom. The topological polar surface area (TPSA) is 82.8 Å². The Morgan fingerprint density at radius 1 is 1.03 bits per heavy atom. The van der Waals surface area contributed by atoms with Crippen molar-refractivity contribution in [3.8, 4) is 0 Å². The predicted octanol–water partition coefficient (Wildman–Crippen LogP) is 3.14. The van der Waals surface area contributed by atoms with E-state index in [1.165, 1.54) is 11.3 Å². The Hall–Kier alpha value is -3.82. The zero-order valence-corrected chi connectivity index (χ0v) is 20.1. The summed E-state index contributed by atoms with van der Waals surface area (Å²) in [5.74, 6) is 0.463. The Bertz CT molecular complexity index is 1620. The molecule has 4 aromatic heterocycles. The summed E-state index contributed by atoms with van der Waals surface area (Å²) in [6.45, 7) is 4.01. The number of rotatable bonds is 4. The standard InChI is InChI=1S/C26H24N6O2S/c1-30-12-14-31(15-13-30)21-7-6-18-23(33)22(25(34)28-16-17-8-10-27-11-9-17)26-32(24(18)29-21)19-4-2-3-5-20(19)35-26/h2-11H,12-16H2,1H3,(H,28,34). The van der Waals surface area contributed by atoms with Crippen LogP contribution in [0, 0.1) is 0 Å². The number of nitrogens with zero attached hydrogens (tertiary/aromatic N) is 5. The van der Waals surface area contributed by atoms with Crippen molar-refractivity contribution < 1.29 is 4.79 Å². The lowest BCUT2D eigenvalue weighted by atomic mass is 10.1. The molecule has 1 saturated heterocycles. The third-order valence-corrected chi connectivity index (χ3v) is 7.68. The highest BCUT2D eigenvalue weighted by Gasteiger charge is 2.24. The summed E-state index contributed by atoms with van der Waals surface area (Å²) < 4.78 is 2.96. The maximum absolute atomic E-state index is 13.7. The number of pyridine rings is 3. The second-order valence-electron chi connectivity index (χ2n) is 8.78. The fourth-order valence-corrected chi connectivity index (χ4v) is 5.74. The maximum atomic E-state index is 13.7. The van der Waals surface area contributed by atoms with Crippen molar-refractivity contribution in [3.05, 3.63) is 82.3 Å². The number of piperazine rings is 1. The number of aromatic nitrogens is 3. The fourth-order valence-electron chi connectivity index (χ4n) is 4.56. The van der Waals surface area contributed by atoms with E-state index in [-0.39, 0.29) is 16.9 Å². The molecule has 0 bridgehead atoms. The molecule has 9 heteroatoms. The molecule has 5 aromatic rings. The second kappa shape index (κ2) is 8.75. The molecular formula is C26H24N6O2S. The molecule has 176 valence electrons. The minimum Gasteiger partial charge on any atom is -0.354 e. The van der Waals surface area contributed by atoms with Gasteiger partial charge in [-0.2, -0.15) is 0 Å². The highest BCUT2D eigenvalue weighted by atomic mass is 32.1. The molecule has 8 nitrogen and oxygen atoms in total. The number of hydrogen-bond acceptors (Lipinski definition) is 7. The number of carbonyl (C=O) groups is 1. The number of anilines is 1. The lowest BCUT2D eigenvalue weighted by Crippen LogP contribution is -2.44. The Kier molecular flexibility index (Phi) is 5.43. The minimum atomic E-state index is -0.388. The van der Waals surface area contributed by atoms with E-state index in [9.17, 15) is 9.59 Å². The fraction of sp³-hybridized carbons (Fsp3) is 0.231. The van der Waals surface area contributed by atoms with Crippen molar-refractivity contribution in [2.45, 2.75) is 6.54 Å². The Balaban J connectivity index is 1.52. The van der Waals surface area contributed by atoms with Crippen LogP contribution in [0.3, 0.4) is 0 Å². The quantitative estimate of drug-likeness (QED) is 0.422. The molecule has 1 N–H and O–H groups in total. The van der Waals surface area contributed by atoms with Crippen molar-refractivity contribution in [1.29, 1.82) is 0 Å². The Labute approximate surface area is 205 Å². The number of thiazole rings is 1. The average Bonchev–Trinajstić information content (AvgIpc) is 3.27. The molecule has 1 aromatic carbocycles. The van der Waals surface area contributed by atoms with E-state index in [4.69, 9.17) is 4.98 Å². The highest BCUT2D eigenvalue weighted by molar-refractivity contribution is 7.24. The van der Waals surface area contributed by atoms with Gasteiger partial charge < -0.3 is 15.1 Å². The van der Waals surface area contributed by atoms with Crippen LogP contribution in [-0.2, 0) is 6.54 Å². The van der Waals surface area contributed by atoms with E-state index in [1.807, 2.05) is 52.9 Å². The third-order valence-electron chi connectivity index (χ3n) is 6.53. The van der Waals surface area contributed by atoms with Crippen molar-refractivity contribution in [1.82, 2.24) is 24.6 Å². The van der Waals surface area contributed by atoms with Gasteiger partial charge in [-0.1, -0.05) is 12.1 Å². The minimum absolute atomic E-state index is 0.155. The van der Waals surface area contributed by atoms with Gasteiger partial charge in [-0.15, -0.1) is 11.3 Å². The van der Waals surface area contributed by atoms with Crippen LogP contribution in [0.2, 0.25) is 0 Å². The molecule has 1 fully saturated rings. The SMILES string of the molecule is CN1CCN(c2ccc3c(=O)c(C(=O)NCc4ccncc4)c4sc5ccccc5n4c3n2)CC1. The van der Waals surface area contributed by atoms with Crippen molar-refractivity contribution in [2.75, 3.05) is 38.1 Å². The summed E-state index contributed by atoms with van der Waals surface area (Å²) >= 11 is 1.44. The number of likely N-dealkylation sites (N-methyl/N-ethyl adjacent to an activating group) is 1. The van der Waals surface area contributed by atoms with E-state index in [1.54, 1.807) is 12.4 Å². The second-order valence-corrected chi connectivity index (χ2v) is 9.81. The van der Waals surface area contributed by atoms with Crippen LogP contribution in [0.25, 0.3) is 26.1 Å². The average molecular weight is 485 g/mol. The van der Waals surface area contributed by atoms with Crippen molar-refractivity contribution in [2.24, 2.45) is 0 Å². The van der Waals surface area contributed by atoms with Crippen molar-refractivity contribution in [3.63, 3.8) is 0 Å². The van der Waals surface area contributed by atoms with E-state index >= 15 is 0 Å². The summed E-state index contributed by atoms with van der Waals surface area (Å²) in [5, 5.41) is 3.36. The van der Waals surface area contributed by atoms with Crippen LogP contribution < -0.4 is 15.6 Å². The van der Waals surface area contributed by atoms with E-state index in [0.717, 1.165) is 47.8 Å². The smallest absolute Gasteiger partial charge is 0.258 e. The lowest BCUT2D eigenvalue weighted by Gasteiger charge is -2.33. The molecule has 0 spiro atoms. The number of benzene rings is 1. The molecule has 0 unspecified atom stereocenters. The number of carbonyl (C=O) groups excluding carboxylic acids is 1. The first kappa shape index (κ1) is 21.7. The van der Waals surface area contributed by atoms with Gasteiger partial charge in [-0.05, 0) is 49.0 Å². The predicted molar refractivity (Wildman–Crippen MR) is 139 cm³/mol. The summed E-state index contributed by atoms with van der Waals surface area (Å²) in [6.07, 6.45) is 3.36. The molecular weight excluding hydrogens is 460 g/mol. The molecule has 0 aliphatic carbocycles. The van der Waals surface area contributed by atoms with Gasteiger partial charge in [0.1, 0.15) is 16.2 Å². The van der Waals surface area contributed by atoms with Gasteiger partial charge in [-0.3, -0.25) is 19.0 Å². The van der Waals surface area contributed by atoms with Crippen molar-refractivity contribution >= 4 is 49.1 Å². The zero-order chi connectivity index (χ0) is 23.9. The van der Waals surface area contributed by atoms with E-state index in [2.05, 4.69) is 27.1 Å². The largest absolute Gasteiger partial charge is 0.354 e. The first-order valence-electron chi connectivity index (χ1n) is 11.6. The third kappa shape index (κ3) is 3.82. The highest BCUT2D eigenvalue weighted by Crippen LogP contribution is 2.31. The number of nitrogens with one attached hydrogen (secondary N) is 1. The number of hydrogen-bond donors (Lipinski definition) is 1. The molecule has 6 rings (SSSR count). The monoisotopic (exact) mass is 484 g/mol. The van der Waals surface area contributed by atoms with E-state index < -0.39 is 0 Å². The zero-order valence-electron chi connectivity index (χ0n) is 19.3. The van der Waals surface area contributed by atoms with Crippen LogP contribution in [0.5, 0.6) is 0 Å².